The fraction of sp³-hybridized carbons (Fsp3) is 0.381. The molecule has 1 aliphatic rings. The summed E-state index contributed by atoms with van der Waals surface area (Å²) < 4.78 is 39.7. The summed E-state index contributed by atoms with van der Waals surface area (Å²) in [7, 11) is -3.64. The molecule has 0 saturated carbocycles. The monoisotopic (exact) mass is 419 g/mol. The Morgan fingerprint density at radius 1 is 0.966 bits per heavy atom. The lowest BCUT2D eigenvalue weighted by Crippen LogP contribution is -2.51. The molecule has 8 heteroatoms. The van der Waals surface area contributed by atoms with Gasteiger partial charge >= 0.3 is 0 Å². The van der Waals surface area contributed by atoms with Crippen LogP contribution in [0.3, 0.4) is 0 Å². The van der Waals surface area contributed by atoms with Crippen LogP contribution in [0.5, 0.6) is 0 Å². The molecule has 0 unspecified atom stereocenters. The number of benzene rings is 2. The molecule has 0 aromatic heterocycles. The van der Waals surface area contributed by atoms with Crippen LogP contribution in [0.1, 0.15) is 12.0 Å². The van der Waals surface area contributed by atoms with Gasteiger partial charge in [-0.15, -0.1) is 0 Å². The molecule has 156 valence electrons. The molecule has 29 heavy (non-hydrogen) atoms. The van der Waals surface area contributed by atoms with Crippen molar-refractivity contribution in [2.24, 2.45) is 0 Å². The van der Waals surface area contributed by atoms with Crippen molar-refractivity contribution in [2.45, 2.75) is 17.7 Å². The first kappa shape index (κ1) is 21.4. The van der Waals surface area contributed by atoms with E-state index in [0.717, 1.165) is 25.0 Å². The Morgan fingerprint density at radius 3 is 2.28 bits per heavy atom. The van der Waals surface area contributed by atoms with Crippen LogP contribution < -0.4 is 5.32 Å². The molecule has 1 aliphatic heterocycles. The highest BCUT2D eigenvalue weighted by Crippen LogP contribution is 2.18. The number of carbonyl (C=O) groups excluding carboxylic acids is 1. The molecule has 0 spiro atoms. The second-order valence-corrected chi connectivity index (χ2v) is 9.01. The summed E-state index contributed by atoms with van der Waals surface area (Å²) in [6, 6.07) is 15.0. The van der Waals surface area contributed by atoms with Crippen molar-refractivity contribution in [3.05, 3.63) is 66.0 Å². The molecule has 0 bridgehead atoms. The number of hydrogen-bond acceptors (Lipinski definition) is 4. The van der Waals surface area contributed by atoms with Gasteiger partial charge in [-0.05, 0) is 42.7 Å². The summed E-state index contributed by atoms with van der Waals surface area (Å²) in [6.45, 7) is 2.46. The number of amides is 1. The molecular formula is C21H26FN3O3S. The van der Waals surface area contributed by atoms with Gasteiger partial charge in [0.1, 0.15) is 5.82 Å². The normalized spacial score (nSPS) is 15.9. The van der Waals surface area contributed by atoms with E-state index in [4.69, 9.17) is 0 Å². The quantitative estimate of drug-likeness (QED) is 0.664. The van der Waals surface area contributed by atoms with Crippen LogP contribution in [-0.2, 0) is 21.2 Å². The first-order valence-electron chi connectivity index (χ1n) is 9.74. The number of hydrogen-bond donors (Lipinski definition) is 1. The van der Waals surface area contributed by atoms with Crippen LogP contribution in [0.25, 0.3) is 0 Å². The molecule has 0 aliphatic carbocycles. The van der Waals surface area contributed by atoms with Gasteiger partial charge in [0.05, 0.1) is 11.4 Å². The van der Waals surface area contributed by atoms with Gasteiger partial charge in [0, 0.05) is 32.7 Å². The lowest BCUT2D eigenvalue weighted by molar-refractivity contribution is -0.122. The maximum absolute atomic E-state index is 13.0. The molecule has 1 saturated heterocycles. The Morgan fingerprint density at radius 2 is 1.62 bits per heavy atom. The fourth-order valence-electron chi connectivity index (χ4n) is 3.31. The zero-order valence-electron chi connectivity index (χ0n) is 16.3. The number of carbonyl (C=O) groups is 1. The largest absolute Gasteiger partial charge is 0.355 e. The Kier molecular flexibility index (Phi) is 7.35. The summed E-state index contributed by atoms with van der Waals surface area (Å²) in [6.07, 6.45) is 1.79. The second-order valence-electron chi connectivity index (χ2n) is 7.07. The summed E-state index contributed by atoms with van der Waals surface area (Å²) in [5.41, 5.74) is 1.25. The predicted octanol–water partition coefficient (Wildman–Crippen LogP) is 1.88. The van der Waals surface area contributed by atoms with Crippen molar-refractivity contribution in [2.75, 3.05) is 39.3 Å². The van der Waals surface area contributed by atoms with E-state index in [2.05, 4.69) is 17.4 Å². The van der Waals surface area contributed by atoms with Gasteiger partial charge in [0.2, 0.25) is 15.9 Å². The highest BCUT2D eigenvalue weighted by molar-refractivity contribution is 7.89. The van der Waals surface area contributed by atoms with E-state index in [-0.39, 0.29) is 17.3 Å². The van der Waals surface area contributed by atoms with E-state index in [1.807, 2.05) is 23.1 Å². The van der Waals surface area contributed by atoms with Crippen molar-refractivity contribution in [3.63, 3.8) is 0 Å². The van der Waals surface area contributed by atoms with Crippen LogP contribution in [0.15, 0.2) is 59.5 Å². The maximum atomic E-state index is 13.0. The number of halogens is 1. The van der Waals surface area contributed by atoms with Gasteiger partial charge in [-0.1, -0.05) is 30.3 Å². The van der Waals surface area contributed by atoms with Crippen LogP contribution in [0.2, 0.25) is 0 Å². The highest BCUT2D eigenvalue weighted by atomic mass is 32.2. The lowest BCUT2D eigenvalue weighted by atomic mass is 10.1. The Balaban J connectivity index is 1.39. The number of rotatable bonds is 8. The van der Waals surface area contributed by atoms with E-state index in [0.29, 0.717) is 32.7 Å². The van der Waals surface area contributed by atoms with Gasteiger partial charge < -0.3 is 5.32 Å². The van der Waals surface area contributed by atoms with Crippen molar-refractivity contribution in [1.82, 2.24) is 14.5 Å². The second kappa shape index (κ2) is 9.96. The Labute approximate surface area is 171 Å². The molecule has 2 aromatic carbocycles. The van der Waals surface area contributed by atoms with E-state index in [9.17, 15) is 17.6 Å². The van der Waals surface area contributed by atoms with E-state index >= 15 is 0 Å². The minimum Gasteiger partial charge on any atom is -0.355 e. The minimum atomic E-state index is -3.64. The van der Waals surface area contributed by atoms with Gasteiger partial charge in [-0.2, -0.15) is 4.31 Å². The number of nitrogens with one attached hydrogen (secondary N) is 1. The molecule has 1 heterocycles. The van der Waals surface area contributed by atoms with E-state index in [1.54, 1.807) is 0 Å². The van der Waals surface area contributed by atoms with Crippen molar-refractivity contribution in [1.29, 1.82) is 0 Å². The summed E-state index contributed by atoms with van der Waals surface area (Å²) in [5, 5.41) is 2.92. The maximum Gasteiger partial charge on any atom is 0.243 e. The highest BCUT2D eigenvalue weighted by Gasteiger charge is 2.28. The third kappa shape index (κ3) is 6.09. The Hall–Kier alpha value is -2.29. The van der Waals surface area contributed by atoms with Gasteiger partial charge in [-0.3, -0.25) is 9.69 Å². The number of sulfonamides is 1. The molecule has 0 atom stereocenters. The van der Waals surface area contributed by atoms with E-state index in [1.165, 1.54) is 22.0 Å². The van der Waals surface area contributed by atoms with Crippen LogP contribution in [0.4, 0.5) is 4.39 Å². The van der Waals surface area contributed by atoms with Crippen molar-refractivity contribution < 1.29 is 17.6 Å². The SMILES string of the molecule is O=C(CN1CCN(S(=O)(=O)c2ccc(F)cc2)CC1)NCCCc1ccccc1. The van der Waals surface area contributed by atoms with Crippen LogP contribution >= 0.6 is 0 Å². The zero-order chi connectivity index (χ0) is 20.7. The third-order valence-corrected chi connectivity index (χ3v) is 6.87. The molecule has 1 fully saturated rings. The number of aryl methyl sites for hydroxylation is 1. The smallest absolute Gasteiger partial charge is 0.243 e. The summed E-state index contributed by atoms with van der Waals surface area (Å²) >= 11 is 0. The average molecular weight is 420 g/mol. The van der Waals surface area contributed by atoms with Gasteiger partial charge in [-0.25, -0.2) is 12.8 Å². The first-order valence-corrected chi connectivity index (χ1v) is 11.2. The molecule has 0 radical (unpaired) electrons. The molecule has 3 rings (SSSR count). The summed E-state index contributed by atoms with van der Waals surface area (Å²) in [5.74, 6) is -0.517. The number of nitrogens with zero attached hydrogens (tertiary/aromatic N) is 2. The lowest BCUT2D eigenvalue weighted by Gasteiger charge is -2.33. The topological polar surface area (TPSA) is 69.7 Å². The Bertz CT molecular complexity index is 897. The molecule has 6 nitrogen and oxygen atoms in total. The molecular weight excluding hydrogens is 393 g/mol. The molecule has 1 amide bonds. The first-order chi connectivity index (χ1) is 13.9. The molecule has 1 N–H and O–H groups in total. The molecule has 2 aromatic rings. The predicted molar refractivity (Wildman–Crippen MR) is 109 cm³/mol. The van der Waals surface area contributed by atoms with Crippen molar-refractivity contribution in [3.8, 4) is 0 Å². The standard InChI is InChI=1S/C21H26FN3O3S/c22-19-8-10-20(11-9-19)29(27,28)25-15-13-24(14-16-25)17-21(26)23-12-4-7-18-5-2-1-3-6-18/h1-3,5-6,8-11H,4,7,12-17H2,(H,23,26). The van der Waals surface area contributed by atoms with Crippen LogP contribution in [0, 0.1) is 5.82 Å². The van der Waals surface area contributed by atoms with Crippen molar-refractivity contribution >= 4 is 15.9 Å². The third-order valence-electron chi connectivity index (χ3n) is 4.96. The minimum absolute atomic E-state index is 0.0482. The van der Waals surface area contributed by atoms with Crippen LogP contribution in [-0.4, -0.2) is 62.8 Å². The van der Waals surface area contributed by atoms with Gasteiger partial charge in [0.15, 0.2) is 0 Å². The van der Waals surface area contributed by atoms with Gasteiger partial charge in [0.25, 0.3) is 0 Å². The zero-order valence-corrected chi connectivity index (χ0v) is 17.1. The average Bonchev–Trinajstić information content (AvgIpc) is 2.73. The summed E-state index contributed by atoms with van der Waals surface area (Å²) in [4.78, 5) is 14.2. The number of piperazine rings is 1. The van der Waals surface area contributed by atoms with E-state index < -0.39 is 15.8 Å². The fourth-order valence-corrected chi connectivity index (χ4v) is 4.73.